The first-order valence-corrected chi connectivity index (χ1v) is 46.3. The summed E-state index contributed by atoms with van der Waals surface area (Å²) in [6.45, 7) is 26.1. The zero-order valence-electron chi connectivity index (χ0n) is 76.6. The van der Waals surface area contributed by atoms with Crippen LogP contribution in [0.5, 0.6) is 0 Å². The van der Waals surface area contributed by atoms with Gasteiger partial charge in [0.1, 0.15) is 56.3 Å². The molecular formula is C128H90F2O4. The molecule has 0 saturated heterocycles. The van der Waals surface area contributed by atoms with Crippen molar-refractivity contribution in [1.29, 1.82) is 0 Å². The van der Waals surface area contributed by atoms with E-state index in [1.807, 2.05) is 72.8 Å². The lowest BCUT2D eigenvalue weighted by molar-refractivity contribution is 0.631. The van der Waals surface area contributed by atoms with Crippen LogP contribution < -0.4 is 0 Å². The number of hydrogen-bond donors (Lipinski definition) is 0. The minimum absolute atomic E-state index is 0.342. The van der Waals surface area contributed by atoms with Gasteiger partial charge in [-0.2, -0.15) is 0 Å². The highest BCUT2D eigenvalue weighted by Gasteiger charge is 2.32. The maximum atomic E-state index is 17.3. The Hall–Kier alpha value is -16.0. The number of benzene rings is 22. The van der Waals surface area contributed by atoms with Crippen molar-refractivity contribution in [2.75, 3.05) is 0 Å². The van der Waals surface area contributed by atoms with Gasteiger partial charge in [-0.15, -0.1) is 0 Å². The van der Waals surface area contributed by atoms with Gasteiger partial charge in [0, 0.05) is 97.3 Å². The van der Waals surface area contributed by atoms with E-state index in [9.17, 15) is 0 Å². The molecule has 4 nitrogen and oxygen atoms in total. The predicted molar refractivity (Wildman–Crippen MR) is 561 cm³/mol. The maximum absolute atomic E-state index is 17.3. The zero-order chi connectivity index (χ0) is 90.8. The minimum atomic E-state index is -0.342. The van der Waals surface area contributed by atoms with E-state index in [0.717, 1.165) is 153 Å². The average molecular weight is 1730 g/mol. The molecule has 22 aromatic carbocycles. The molecule has 4 aromatic heterocycles. The second-order valence-electron chi connectivity index (χ2n) is 37.7. The number of rotatable bonds is 10. The molecule has 0 amide bonds. The van der Waals surface area contributed by atoms with E-state index in [2.05, 4.69) is 314 Å². The standard InChI is InChI=1S/C68H44F2O2.C60H46O2/c1-37-15-11-16-38(2)59(37)43-27-29-49-51-31-45-33-54(64-48(24-14-26-56(64)70)42-21-9-6-10-22-42)66-62-46(32-52-50-30-28-44(36-58(50)72-68(52)66)60-39(3)17-12-18-40(60)4)34-53(65(61(45)62)67(51)71-57(49)35-43)63-47(23-13-25-55(63)69)41-19-7-5-8-20-41;1-31-19-32(2)22-41(21-31)47-25-43-27-50-46-18-16-40(54-37(7)13-10-14-38(54)8)30-52(46)62-60(50)58-48(42-23-33(3)20-34(4)24-42)26-44-28-49-45-17-15-39(53-35(5)11-9-12-36(53)6)29-51(45)61-59(49)57(47)55(44)56(43)58/h5-36H,1-4H3;9-30H,1-8H3. The lowest BCUT2D eigenvalue weighted by Gasteiger charge is -2.21. The van der Waals surface area contributed by atoms with Gasteiger partial charge in [-0.25, -0.2) is 8.78 Å². The number of aryl methyl sites for hydroxylation is 12. The molecule has 26 rings (SSSR count). The average Bonchev–Trinajstić information content (AvgIpc) is 1.40. The lowest BCUT2D eigenvalue weighted by atomic mass is 9.81. The Labute approximate surface area is 773 Å². The SMILES string of the molecule is Cc1cc(C)cc(-c2cc3cc4c5ccc(-c6c(C)cccc6C)cc5oc4c4c(-c5cc(C)cc(C)c5)cc5cc6c7ccc(-c8c(C)cccc8C)cc7oc6c2c5c34)c1.Cc1cccc(C)c1-c1ccc2c(c1)oc1c2cc2cc(-c3c(F)cccc3-c3ccccc3)c3c4oc5cc(-c6c(C)cccc6C)ccc5c4cc4cc(-c5c(F)cccc5-c5ccccc5)c1c2c43. The van der Waals surface area contributed by atoms with Crippen LogP contribution in [0, 0.1) is 94.7 Å². The Morgan fingerprint density at radius 2 is 0.410 bits per heavy atom. The monoisotopic (exact) mass is 1730 g/mol. The van der Waals surface area contributed by atoms with Gasteiger partial charge in [0.2, 0.25) is 0 Å². The van der Waals surface area contributed by atoms with E-state index in [1.165, 1.54) is 144 Å². The van der Waals surface area contributed by atoms with E-state index < -0.39 is 0 Å². The summed E-state index contributed by atoms with van der Waals surface area (Å²) in [5, 5.41) is 20.3. The summed E-state index contributed by atoms with van der Waals surface area (Å²) in [5.74, 6) is -0.685. The molecule has 0 radical (unpaired) electrons. The van der Waals surface area contributed by atoms with Crippen molar-refractivity contribution in [1.82, 2.24) is 0 Å². The van der Waals surface area contributed by atoms with Crippen molar-refractivity contribution >= 4 is 152 Å². The van der Waals surface area contributed by atoms with Crippen molar-refractivity contribution < 1.29 is 26.4 Å². The molecule has 26 aromatic rings. The van der Waals surface area contributed by atoms with Crippen LogP contribution in [-0.4, -0.2) is 0 Å². The Balaban J connectivity index is 0.000000145. The van der Waals surface area contributed by atoms with Crippen molar-refractivity contribution in [2.45, 2.75) is 83.1 Å². The zero-order valence-corrected chi connectivity index (χ0v) is 76.6. The molecule has 0 saturated carbocycles. The van der Waals surface area contributed by atoms with Crippen LogP contribution in [0.4, 0.5) is 8.78 Å². The van der Waals surface area contributed by atoms with Gasteiger partial charge in [-0.3, -0.25) is 0 Å². The maximum Gasteiger partial charge on any atom is 0.143 e. The molecule has 0 bridgehead atoms. The third-order valence-electron chi connectivity index (χ3n) is 28.8. The third kappa shape index (κ3) is 12.4. The van der Waals surface area contributed by atoms with Crippen LogP contribution in [0.25, 0.3) is 264 Å². The summed E-state index contributed by atoms with van der Waals surface area (Å²) in [6, 6.07) is 115. The Bertz CT molecular complexity index is 8870. The molecule has 0 fully saturated rings. The molecule has 0 spiro atoms. The smallest absolute Gasteiger partial charge is 0.143 e. The van der Waals surface area contributed by atoms with Gasteiger partial charge < -0.3 is 17.7 Å². The van der Waals surface area contributed by atoms with Gasteiger partial charge in [0.25, 0.3) is 0 Å². The molecule has 0 aliphatic heterocycles. The van der Waals surface area contributed by atoms with Crippen LogP contribution in [-0.2, 0) is 0 Å². The van der Waals surface area contributed by atoms with Crippen LogP contribution in [0.3, 0.4) is 0 Å². The Morgan fingerprint density at radius 1 is 0.164 bits per heavy atom. The van der Waals surface area contributed by atoms with Crippen molar-refractivity contribution in [2.24, 2.45) is 0 Å². The van der Waals surface area contributed by atoms with Crippen LogP contribution >= 0.6 is 0 Å². The lowest BCUT2D eigenvalue weighted by Crippen LogP contribution is -1.97. The fourth-order valence-corrected chi connectivity index (χ4v) is 23.3. The first kappa shape index (κ1) is 80.1. The molecule has 0 aliphatic carbocycles. The third-order valence-corrected chi connectivity index (χ3v) is 28.8. The largest absolute Gasteiger partial charge is 0.455 e. The van der Waals surface area contributed by atoms with Gasteiger partial charge in [-0.05, 0) is 358 Å². The second-order valence-corrected chi connectivity index (χ2v) is 37.7. The predicted octanol–water partition coefficient (Wildman–Crippen LogP) is 37.4. The highest BCUT2D eigenvalue weighted by molar-refractivity contribution is 6.42. The Kier molecular flexibility index (Phi) is 18.1. The van der Waals surface area contributed by atoms with E-state index >= 15 is 8.78 Å². The summed E-state index contributed by atoms with van der Waals surface area (Å²) in [5.41, 5.74) is 40.9. The number of hydrogen-bond acceptors (Lipinski definition) is 4. The first-order chi connectivity index (χ1) is 65.2. The first-order valence-electron chi connectivity index (χ1n) is 46.3. The van der Waals surface area contributed by atoms with E-state index in [4.69, 9.17) is 17.7 Å². The van der Waals surface area contributed by atoms with E-state index in [0.29, 0.717) is 33.4 Å². The highest BCUT2D eigenvalue weighted by Crippen LogP contribution is 2.57. The number of furan rings is 4. The molecule has 640 valence electrons. The molecule has 134 heavy (non-hydrogen) atoms. The fraction of sp³-hybridized carbons (Fsp3) is 0.0938. The summed E-state index contributed by atoms with van der Waals surface area (Å²) in [7, 11) is 0. The molecular weight excluding hydrogens is 1640 g/mol. The minimum Gasteiger partial charge on any atom is -0.455 e. The van der Waals surface area contributed by atoms with Crippen LogP contribution in [0.1, 0.15) is 66.8 Å². The van der Waals surface area contributed by atoms with Crippen LogP contribution in [0.2, 0.25) is 0 Å². The normalized spacial score (nSPS) is 12.1. The van der Waals surface area contributed by atoms with Gasteiger partial charge in [0.15, 0.2) is 0 Å². The molecule has 0 N–H and O–H groups in total. The summed E-state index contributed by atoms with van der Waals surface area (Å²) < 4.78 is 63.5. The van der Waals surface area contributed by atoms with Crippen molar-refractivity contribution in [3.63, 3.8) is 0 Å². The van der Waals surface area contributed by atoms with Crippen LogP contribution in [0.15, 0.2) is 345 Å². The molecule has 0 aliphatic rings. The van der Waals surface area contributed by atoms with Gasteiger partial charge in [-0.1, -0.05) is 241 Å². The highest BCUT2D eigenvalue weighted by atomic mass is 19.1. The summed E-state index contributed by atoms with van der Waals surface area (Å²) in [6.07, 6.45) is 0. The Morgan fingerprint density at radius 3 is 0.679 bits per heavy atom. The van der Waals surface area contributed by atoms with Crippen molar-refractivity contribution in [3.8, 4) is 111 Å². The van der Waals surface area contributed by atoms with E-state index in [1.54, 1.807) is 24.3 Å². The molecule has 0 unspecified atom stereocenters. The summed E-state index contributed by atoms with van der Waals surface area (Å²) >= 11 is 0. The molecule has 6 heteroatoms. The van der Waals surface area contributed by atoms with E-state index in [-0.39, 0.29) is 11.6 Å². The second kappa shape index (κ2) is 30.3. The van der Waals surface area contributed by atoms with Gasteiger partial charge in [0.05, 0.1) is 0 Å². The number of halogens is 2. The quantitative estimate of drug-likeness (QED) is 0.128. The van der Waals surface area contributed by atoms with Crippen molar-refractivity contribution in [3.05, 3.63) is 406 Å². The topological polar surface area (TPSA) is 52.6 Å². The molecule has 4 heterocycles. The summed E-state index contributed by atoms with van der Waals surface area (Å²) in [4.78, 5) is 0. The fourth-order valence-electron chi connectivity index (χ4n) is 23.3. The van der Waals surface area contributed by atoms with Gasteiger partial charge >= 0.3 is 0 Å². The molecule has 0 atom stereocenters. The number of fused-ring (bicyclic) bond motifs is 16.